The molecule has 0 atom stereocenters. The molecule has 0 spiro atoms. The van der Waals surface area contributed by atoms with Crippen molar-refractivity contribution in [2.24, 2.45) is 0 Å². The molecule has 1 aromatic heterocycles. The second-order valence-electron chi connectivity index (χ2n) is 3.56. The fourth-order valence-corrected chi connectivity index (χ4v) is 1.46. The van der Waals surface area contributed by atoms with Gasteiger partial charge in [-0.15, -0.1) is 0 Å². The number of aromatic nitrogens is 2. The molecule has 0 bridgehead atoms. The van der Waals surface area contributed by atoms with Crippen LogP contribution in [-0.4, -0.2) is 14.9 Å². The summed E-state index contributed by atoms with van der Waals surface area (Å²) in [5.74, 6) is -2.45. The minimum atomic E-state index is -1.29. The first-order valence-electron chi connectivity index (χ1n) is 5.20. The average Bonchev–Trinajstić information content (AvgIpc) is 2.41. The maximum atomic E-state index is 13.5. The normalized spacial score (nSPS) is 10.2. The molecule has 1 aromatic carbocycles. The van der Waals surface area contributed by atoms with Crippen LogP contribution in [0, 0.1) is 21.7 Å². The van der Waals surface area contributed by atoms with Crippen molar-refractivity contribution < 1.29 is 13.7 Å². The first-order valence-corrected chi connectivity index (χ1v) is 5.20. The number of nitro benzene ring substituents is 1. The van der Waals surface area contributed by atoms with Crippen molar-refractivity contribution in [1.82, 2.24) is 9.97 Å². The Balaban J connectivity index is 2.28. The van der Waals surface area contributed by atoms with Gasteiger partial charge in [-0.25, -0.2) is 8.78 Å². The van der Waals surface area contributed by atoms with Crippen molar-refractivity contribution >= 4 is 11.4 Å². The number of halogens is 2. The molecule has 0 saturated carbocycles. The van der Waals surface area contributed by atoms with Crippen molar-refractivity contribution in [3.8, 4) is 0 Å². The Morgan fingerprint density at radius 1 is 1.32 bits per heavy atom. The van der Waals surface area contributed by atoms with E-state index in [2.05, 4.69) is 15.3 Å². The van der Waals surface area contributed by atoms with Gasteiger partial charge in [0.15, 0.2) is 17.3 Å². The lowest BCUT2D eigenvalue weighted by molar-refractivity contribution is -0.384. The lowest BCUT2D eigenvalue weighted by Gasteiger charge is -2.07. The Bertz CT molecular complexity index is 607. The van der Waals surface area contributed by atoms with Gasteiger partial charge in [0.25, 0.3) is 5.69 Å². The summed E-state index contributed by atoms with van der Waals surface area (Å²) in [5.41, 5.74) is -0.598. The van der Waals surface area contributed by atoms with Gasteiger partial charge in [0, 0.05) is 18.5 Å². The van der Waals surface area contributed by atoms with E-state index in [9.17, 15) is 18.9 Å². The van der Waals surface area contributed by atoms with Crippen LogP contribution >= 0.6 is 0 Å². The van der Waals surface area contributed by atoms with E-state index < -0.39 is 27.9 Å². The van der Waals surface area contributed by atoms with Gasteiger partial charge in [-0.05, 0) is 6.07 Å². The summed E-state index contributed by atoms with van der Waals surface area (Å²) in [5, 5.41) is 13.2. The first kappa shape index (κ1) is 12.8. The summed E-state index contributed by atoms with van der Waals surface area (Å²) in [7, 11) is 0. The highest BCUT2D eigenvalue weighted by Crippen LogP contribution is 2.29. The van der Waals surface area contributed by atoms with Crippen molar-refractivity contribution in [2.75, 3.05) is 5.32 Å². The molecule has 0 aliphatic heterocycles. The summed E-state index contributed by atoms with van der Waals surface area (Å²) in [6, 6.07) is 1.61. The minimum Gasteiger partial charge on any atom is -0.371 e. The van der Waals surface area contributed by atoms with Gasteiger partial charge in [0.1, 0.15) is 0 Å². The number of hydrogen-bond acceptors (Lipinski definition) is 5. The Hall–Kier alpha value is -2.64. The second-order valence-corrected chi connectivity index (χ2v) is 3.56. The third kappa shape index (κ3) is 2.79. The smallest absolute Gasteiger partial charge is 0.295 e. The molecule has 1 heterocycles. The molecule has 2 aromatic rings. The van der Waals surface area contributed by atoms with E-state index in [1.165, 1.54) is 18.6 Å². The third-order valence-corrected chi connectivity index (χ3v) is 2.33. The van der Waals surface area contributed by atoms with E-state index in [1.54, 1.807) is 0 Å². The number of nitrogens with one attached hydrogen (secondary N) is 1. The van der Waals surface area contributed by atoms with Gasteiger partial charge < -0.3 is 5.32 Å². The van der Waals surface area contributed by atoms with Gasteiger partial charge in [-0.3, -0.25) is 20.1 Å². The maximum Gasteiger partial charge on any atom is 0.295 e. The van der Waals surface area contributed by atoms with E-state index in [0.717, 1.165) is 6.07 Å². The highest BCUT2D eigenvalue weighted by atomic mass is 19.2. The molecule has 0 aliphatic rings. The van der Waals surface area contributed by atoms with Crippen LogP contribution in [0.25, 0.3) is 0 Å². The molecule has 0 radical (unpaired) electrons. The predicted octanol–water partition coefficient (Wildman–Crippen LogP) is 2.28. The highest BCUT2D eigenvalue weighted by molar-refractivity contribution is 5.62. The van der Waals surface area contributed by atoms with Crippen LogP contribution in [0.15, 0.2) is 30.7 Å². The summed E-state index contributed by atoms with van der Waals surface area (Å²) >= 11 is 0. The number of nitro groups is 1. The largest absolute Gasteiger partial charge is 0.371 e. The van der Waals surface area contributed by atoms with E-state index >= 15 is 0 Å². The maximum absolute atomic E-state index is 13.5. The Morgan fingerprint density at radius 2 is 2.11 bits per heavy atom. The molecule has 0 fully saturated rings. The van der Waals surface area contributed by atoms with Gasteiger partial charge in [0.2, 0.25) is 0 Å². The monoisotopic (exact) mass is 266 g/mol. The topological polar surface area (TPSA) is 81.0 Å². The van der Waals surface area contributed by atoms with Crippen LogP contribution in [0.5, 0.6) is 0 Å². The Morgan fingerprint density at radius 3 is 2.74 bits per heavy atom. The van der Waals surface area contributed by atoms with Crippen LogP contribution in [0.3, 0.4) is 0 Å². The number of nitrogens with zero attached hydrogens (tertiary/aromatic N) is 3. The van der Waals surface area contributed by atoms with E-state index in [4.69, 9.17) is 0 Å². The quantitative estimate of drug-likeness (QED) is 0.678. The molecule has 19 heavy (non-hydrogen) atoms. The van der Waals surface area contributed by atoms with Gasteiger partial charge >= 0.3 is 0 Å². The van der Waals surface area contributed by atoms with Crippen LogP contribution < -0.4 is 5.32 Å². The van der Waals surface area contributed by atoms with Crippen LogP contribution in [-0.2, 0) is 6.54 Å². The van der Waals surface area contributed by atoms with Crippen molar-refractivity contribution in [3.63, 3.8) is 0 Å². The van der Waals surface area contributed by atoms with Crippen LogP contribution in [0.1, 0.15) is 5.69 Å². The Labute approximate surface area is 106 Å². The van der Waals surface area contributed by atoms with Crippen molar-refractivity contribution in [1.29, 1.82) is 0 Å². The molecule has 0 unspecified atom stereocenters. The van der Waals surface area contributed by atoms with E-state index in [1.807, 2.05) is 0 Å². The fourth-order valence-electron chi connectivity index (χ4n) is 1.46. The summed E-state index contributed by atoms with van der Waals surface area (Å²) < 4.78 is 26.6. The van der Waals surface area contributed by atoms with Crippen molar-refractivity contribution in [2.45, 2.75) is 6.54 Å². The first-order chi connectivity index (χ1) is 9.09. The Kier molecular flexibility index (Phi) is 3.60. The second kappa shape index (κ2) is 5.34. The van der Waals surface area contributed by atoms with Gasteiger partial charge in [-0.2, -0.15) is 0 Å². The van der Waals surface area contributed by atoms with Gasteiger partial charge in [-0.1, -0.05) is 0 Å². The zero-order chi connectivity index (χ0) is 13.8. The van der Waals surface area contributed by atoms with Crippen LogP contribution in [0.2, 0.25) is 0 Å². The SMILES string of the molecule is O=[N+]([O-])c1ccc(F)c(F)c1NCc1cnccn1. The van der Waals surface area contributed by atoms with E-state index in [-0.39, 0.29) is 6.54 Å². The van der Waals surface area contributed by atoms with Gasteiger partial charge in [0.05, 0.1) is 23.4 Å². The molecule has 98 valence electrons. The lowest BCUT2D eigenvalue weighted by Crippen LogP contribution is -2.07. The number of hydrogen-bond donors (Lipinski definition) is 1. The molecule has 0 aliphatic carbocycles. The molecule has 0 saturated heterocycles. The van der Waals surface area contributed by atoms with Crippen molar-refractivity contribution in [3.05, 3.63) is 58.2 Å². The molecule has 6 nitrogen and oxygen atoms in total. The van der Waals surface area contributed by atoms with Crippen LogP contribution in [0.4, 0.5) is 20.2 Å². The lowest BCUT2D eigenvalue weighted by atomic mass is 10.2. The van der Waals surface area contributed by atoms with E-state index in [0.29, 0.717) is 11.8 Å². The molecular formula is C11H8F2N4O2. The summed E-state index contributed by atoms with van der Waals surface area (Å²) in [4.78, 5) is 17.7. The zero-order valence-corrected chi connectivity index (χ0v) is 9.51. The molecule has 0 amide bonds. The molecule has 8 heteroatoms. The third-order valence-electron chi connectivity index (χ3n) is 2.33. The molecule has 2 rings (SSSR count). The summed E-state index contributed by atoms with van der Waals surface area (Å²) in [6.07, 6.45) is 4.29. The summed E-state index contributed by atoms with van der Waals surface area (Å²) in [6.45, 7) is -0.00491. The highest BCUT2D eigenvalue weighted by Gasteiger charge is 2.21. The average molecular weight is 266 g/mol. The standard InChI is InChI=1S/C11H8F2N4O2/c12-8-1-2-9(17(18)19)11(10(8)13)16-6-7-5-14-3-4-15-7/h1-5,16H,6H2. The predicted molar refractivity (Wildman–Crippen MR) is 62.4 cm³/mol. The number of benzene rings is 1. The fraction of sp³-hybridized carbons (Fsp3) is 0.0909. The molecule has 1 N–H and O–H groups in total. The minimum absolute atomic E-state index is 0.00491. The zero-order valence-electron chi connectivity index (χ0n) is 9.51. The number of anilines is 1. The molecular weight excluding hydrogens is 258 g/mol. The number of rotatable bonds is 4.